The van der Waals surface area contributed by atoms with E-state index in [1.165, 1.54) is 11.1 Å². The lowest BCUT2D eigenvalue weighted by atomic mass is 10.1. The molecule has 1 aromatic rings. The second kappa shape index (κ2) is 6.37. The van der Waals surface area contributed by atoms with Crippen LogP contribution in [0.1, 0.15) is 44.7 Å². The molecule has 1 heteroatoms. The number of aryl methyl sites for hydroxylation is 1. The summed E-state index contributed by atoms with van der Waals surface area (Å²) in [5.41, 5.74) is 3.63. The highest BCUT2D eigenvalue weighted by atomic mass is 14.9. The maximum absolute atomic E-state index is 4.12. The summed E-state index contributed by atoms with van der Waals surface area (Å²) < 4.78 is 0. The fraction of sp³-hybridized carbons (Fsp3) is 0.467. The Morgan fingerprint density at radius 1 is 1.25 bits per heavy atom. The zero-order valence-corrected chi connectivity index (χ0v) is 10.7. The average molecular weight is 217 g/mol. The Kier molecular flexibility index (Phi) is 5.10. The van der Waals surface area contributed by atoms with Gasteiger partial charge in [0.15, 0.2) is 0 Å². The molecule has 1 aromatic carbocycles. The van der Waals surface area contributed by atoms with Crippen LogP contribution in [0.25, 0.3) is 5.70 Å². The normalized spacial score (nSPS) is 10.5. The van der Waals surface area contributed by atoms with Gasteiger partial charge < -0.3 is 5.32 Å². The number of benzene rings is 1. The van der Waals surface area contributed by atoms with Gasteiger partial charge in [0.2, 0.25) is 0 Å². The monoisotopic (exact) mass is 217 g/mol. The van der Waals surface area contributed by atoms with Gasteiger partial charge in [0.25, 0.3) is 0 Å². The van der Waals surface area contributed by atoms with Gasteiger partial charge in [-0.1, -0.05) is 45.5 Å². The molecular formula is C15H23N. The largest absolute Gasteiger partial charge is 0.382 e. The molecule has 0 aliphatic rings. The maximum atomic E-state index is 4.12. The summed E-state index contributed by atoms with van der Waals surface area (Å²) in [6.07, 6.45) is 3.36. The van der Waals surface area contributed by atoms with Gasteiger partial charge in [0.05, 0.1) is 0 Å². The summed E-state index contributed by atoms with van der Waals surface area (Å²) in [4.78, 5) is 0. The second-order valence-corrected chi connectivity index (χ2v) is 4.19. The fourth-order valence-corrected chi connectivity index (χ4v) is 1.80. The molecule has 1 N–H and O–H groups in total. The number of hydrogen-bond acceptors (Lipinski definition) is 1. The average Bonchev–Trinajstić information content (AvgIpc) is 2.35. The summed E-state index contributed by atoms with van der Waals surface area (Å²) in [7, 11) is 0. The minimum Gasteiger partial charge on any atom is -0.382 e. The highest BCUT2D eigenvalue weighted by Crippen LogP contribution is 2.14. The molecule has 16 heavy (non-hydrogen) atoms. The highest BCUT2D eigenvalue weighted by molar-refractivity contribution is 5.62. The van der Waals surface area contributed by atoms with Gasteiger partial charge in [-0.15, -0.1) is 0 Å². The van der Waals surface area contributed by atoms with E-state index in [1.807, 2.05) is 0 Å². The predicted octanol–water partition coefficient (Wildman–Crippen LogP) is 4.00. The summed E-state index contributed by atoms with van der Waals surface area (Å²) in [6.45, 7) is 10.7. The Morgan fingerprint density at radius 2 is 1.94 bits per heavy atom. The van der Waals surface area contributed by atoms with E-state index in [2.05, 4.69) is 56.9 Å². The summed E-state index contributed by atoms with van der Waals surface area (Å²) in [6, 6.07) is 9.15. The lowest BCUT2D eigenvalue weighted by Crippen LogP contribution is -2.25. The van der Waals surface area contributed by atoms with Gasteiger partial charge in [-0.2, -0.15) is 0 Å². The molecule has 0 saturated carbocycles. The molecule has 0 aliphatic heterocycles. The molecule has 1 rings (SSSR count). The Labute approximate surface area is 99.6 Å². The van der Waals surface area contributed by atoms with Crippen molar-refractivity contribution < 1.29 is 0 Å². The molecular weight excluding hydrogens is 194 g/mol. The molecule has 88 valence electrons. The van der Waals surface area contributed by atoms with Crippen molar-refractivity contribution in [1.82, 2.24) is 5.32 Å². The van der Waals surface area contributed by atoms with Crippen LogP contribution in [0.4, 0.5) is 0 Å². The van der Waals surface area contributed by atoms with Gasteiger partial charge in [-0.05, 0) is 36.5 Å². The van der Waals surface area contributed by atoms with Crippen LogP contribution in [0.2, 0.25) is 0 Å². The molecule has 1 nitrogen and oxygen atoms in total. The van der Waals surface area contributed by atoms with Crippen LogP contribution in [0.15, 0.2) is 30.8 Å². The molecule has 0 aliphatic carbocycles. The third kappa shape index (κ3) is 3.41. The Balaban J connectivity index is 2.72. The molecule has 0 fully saturated rings. The van der Waals surface area contributed by atoms with E-state index < -0.39 is 0 Å². The number of nitrogens with one attached hydrogen (secondary N) is 1. The van der Waals surface area contributed by atoms with Gasteiger partial charge in [0, 0.05) is 11.7 Å². The maximum Gasteiger partial charge on any atom is 0.0342 e. The fourth-order valence-electron chi connectivity index (χ4n) is 1.80. The Morgan fingerprint density at radius 3 is 2.50 bits per heavy atom. The molecule has 0 radical (unpaired) electrons. The van der Waals surface area contributed by atoms with Gasteiger partial charge in [-0.3, -0.25) is 0 Å². The van der Waals surface area contributed by atoms with E-state index in [0.29, 0.717) is 6.04 Å². The molecule has 0 atom stereocenters. The van der Waals surface area contributed by atoms with Gasteiger partial charge >= 0.3 is 0 Å². The number of hydrogen-bond donors (Lipinski definition) is 1. The van der Waals surface area contributed by atoms with Crippen molar-refractivity contribution in [1.29, 1.82) is 0 Å². The van der Waals surface area contributed by atoms with E-state index in [9.17, 15) is 0 Å². The van der Waals surface area contributed by atoms with Crippen LogP contribution in [-0.4, -0.2) is 6.04 Å². The first kappa shape index (κ1) is 12.8. The smallest absolute Gasteiger partial charge is 0.0342 e. The first-order valence-corrected chi connectivity index (χ1v) is 6.25. The summed E-state index contributed by atoms with van der Waals surface area (Å²) in [5.74, 6) is 0. The lowest BCUT2D eigenvalue weighted by Gasteiger charge is -2.18. The quantitative estimate of drug-likeness (QED) is 0.759. The summed E-state index contributed by atoms with van der Waals surface area (Å²) in [5, 5.41) is 3.49. The van der Waals surface area contributed by atoms with E-state index in [0.717, 1.165) is 25.0 Å². The SMILES string of the molecule is C=C(NC(CC)CC)c1cccc(CC)c1. The summed E-state index contributed by atoms with van der Waals surface area (Å²) >= 11 is 0. The van der Waals surface area contributed by atoms with Crippen molar-refractivity contribution >= 4 is 5.70 Å². The topological polar surface area (TPSA) is 12.0 Å². The van der Waals surface area contributed by atoms with Gasteiger partial charge in [0.1, 0.15) is 0 Å². The van der Waals surface area contributed by atoms with E-state index in [4.69, 9.17) is 0 Å². The van der Waals surface area contributed by atoms with Crippen LogP contribution < -0.4 is 5.32 Å². The first-order chi connectivity index (χ1) is 7.71. The van der Waals surface area contributed by atoms with Gasteiger partial charge in [-0.25, -0.2) is 0 Å². The van der Waals surface area contributed by atoms with Crippen LogP contribution in [0.5, 0.6) is 0 Å². The van der Waals surface area contributed by atoms with Crippen molar-refractivity contribution in [3.63, 3.8) is 0 Å². The third-order valence-corrected chi connectivity index (χ3v) is 3.05. The molecule has 0 amide bonds. The second-order valence-electron chi connectivity index (χ2n) is 4.19. The van der Waals surface area contributed by atoms with Crippen LogP contribution >= 0.6 is 0 Å². The van der Waals surface area contributed by atoms with Crippen molar-refractivity contribution in [2.45, 2.75) is 46.1 Å². The van der Waals surface area contributed by atoms with Crippen LogP contribution in [-0.2, 0) is 6.42 Å². The molecule has 0 spiro atoms. The third-order valence-electron chi connectivity index (χ3n) is 3.05. The molecule has 0 saturated heterocycles. The Hall–Kier alpha value is -1.24. The zero-order valence-electron chi connectivity index (χ0n) is 10.7. The van der Waals surface area contributed by atoms with Crippen molar-refractivity contribution in [3.05, 3.63) is 42.0 Å². The molecule has 0 bridgehead atoms. The molecule has 0 unspecified atom stereocenters. The van der Waals surface area contributed by atoms with E-state index >= 15 is 0 Å². The first-order valence-electron chi connectivity index (χ1n) is 6.25. The van der Waals surface area contributed by atoms with E-state index in [1.54, 1.807) is 0 Å². The highest BCUT2D eigenvalue weighted by Gasteiger charge is 2.05. The number of rotatable bonds is 6. The molecule has 0 heterocycles. The lowest BCUT2D eigenvalue weighted by molar-refractivity contribution is 0.561. The Bertz CT molecular complexity index is 337. The van der Waals surface area contributed by atoms with E-state index in [-0.39, 0.29) is 0 Å². The van der Waals surface area contributed by atoms with Crippen LogP contribution in [0, 0.1) is 0 Å². The van der Waals surface area contributed by atoms with Crippen molar-refractivity contribution in [2.75, 3.05) is 0 Å². The minimum absolute atomic E-state index is 0.540. The molecule has 0 aromatic heterocycles. The van der Waals surface area contributed by atoms with Crippen molar-refractivity contribution in [2.24, 2.45) is 0 Å². The standard InChI is InChI=1S/C15H23N/c1-5-13-9-8-10-14(11-13)12(4)16-15(6-2)7-3/h8-11,15-16H,4-7H2,1-3H3. The van der Waals surface area contributed by atoms with Crippen LogP contribution in [0.3, 0.4) is 0 Å². The van der Waals surface area contributed by atoms with Crippen molar-refractivity contribution in [3.8, 4) is 0 Å². The minimum atomic E-state index is 0.540. The predicted molar refractivity (Wildman–Crippen MR) is 72.4 cm³/mol. The zero-order chi connectivity index (χ0) is 12.0.